The summed E-state index contributed by atoms with van der Waals surface area (Å²) in [4.78, 5) is 12.2. The number of rotatable bonds is 7. The molecule has 0 unspecified atom stereocenters. The van der Waals surface area contributed by atoms with Gasteiger partial charge in [0.15, 0.2) is 0 Å². The fraction of sp³-hybridized carbons (Fsp3) is 0.250. The van der Waals surface area contributed by atoms with Gasteiger partial charge in [-0.1, -0.05) is 67.5 Å². The minimum absolute atomic E-state index is 0. The van der Waals surface area contributed by atoms with Gasteiger partial charge in [-0.3, -0.25) is 0 Å². The Labute approximate surface area is 249 Å². The number of ether oxygens (including phenoxy) is 1. The van der Waals surface area contributed by atoms with E-state index in [1.165, 1.54) is 42.1 Å². The Balaban J connectivity index is 0.000000797. The molecule has 3 heteroatoms. The van der Waals surface area contributed by atoms with E-state index >= 15 is 0 Å². The van der Waals surface area contributed by atoms with Crippen LogP contribution in [-0.4, -0.2) is 5.97 Å². The normalized spacial score (nSPS) is 20.2. The van der Waals surface area contributed by atoms with Crippen molar-refractivity contribution < 1.29 is 26.6 Å². The van der Waals surface area contributed by atoms with Crippen molar-refractivity contribution >= 4 is 5.97 Å². The van der Waals surface area contributed by atoms with E-state index in [2.05, 4.69) is 58.8 Å². The topological polar surface area (TPSA) is 26.3 Å². The largest absolute Gasteiger partial charge is 2.00 e. The van der Waals surface area contributed by atoms with Crippen LogP contribution in [0.5, 0.6) is 5.75 Å². The van der Waals surface area contributed by atoms with Crippen molar-refractivity contribution in [1.82, 2.24) is 0 Å². The van der Waals surface area contributed by atoms with Crippen LogP contribution in [0.1, 0.15) is 59.4 Å². The second-order valence-electron chi connectivity index (χ2n) is 10.5. The molecule has 0 atom stereocenters. The molecule has 202 valence electrons. The van der Waals surface area contributed by atoms with Gasteiger partial charge in [0.2, 0.25) is 0 Å². The summed E-state index contributed by atoms with van der Waals surface area (Å²) >= 11 is 0. The predicted octanol–water partition coefficient (Wildman–Crippen LogP) is 8.90. The van der Waals surface area contributed by atoms with E-state index in [1.54, 1.807) is 0 Å². The van der Waals surface area contributed by atoms with Crippen LogP contribution in [0.25, 0.3) is 0 Å². The van der Waals surface area contributed by atoms with E-state index < -0.39 is 0 Å². The molecule has 0 bridgehead atoms. The minimum Gasteiger partial charge on any atom is -0.423 e. The van der Waals surface area contributed by atoms with E-state index in [1.807, 2.05) is 88.3 Å². The molecule has 0 amide bonds. The van der Waals surface area contributed by atoms with Gasteiger partial charge in [0.1, 0.15) is 5.75 Å². The van der Waals surface area contributed by atoms with Crippen LogP contribution in [0.2, 0.25) is 0 Å². The first-order valence-corrected chi connectivity index (χ1v) is 13.4. The Kier molecular flexibility index (Phi) is 14.3. The first kappa shape index (κ1) is 33.1. The molecule has 0 heterocycles. The predicted molar refractivity (Wildman–Crippen MR) is 159 cm³/mol. The molecule has 0 saturated heterocycles. The smallest absolute Gasteiger partial charge is 0.423 e. The van der Waals surface area contributed by atoms with Gasteiger partial charge in [-0.25, -0.2) is 4.79 Å². The monoisotopic (exact) mass is 560 g/mol. The van der Waals surface area contributed by atoms with Crippen LogP contribution in [0.15, 0.2) is 83.0 Å². The van der Waals surface area contributed by atoms with Crippen LogP contribution in [0, 0.1) is 69.1 Å². The summed E-state index contributed by atoms with van der Waals surface area (Å²) < 4.78 is 5.44. The molecule has 2 nitrogen and oxygen atoms in total. The van der Waals surface area contributed by atoms with E-state index in [0.29, 0.717) is 5.75 Å². The Morgan fingerprint density at radius 2 is 1.49 bits per heavy atom. The number of carbonyl (C=O) groups excluding carboxylic acids is 1. The summed E-state index contributed by atoms with van der Waals surface area (Å²) in [7, 11) is 0. The molecule has 0 N–H and O–H groups in total. The summed E-state index contributed by atoms with van der Waals surface area (Å²) in [6.07, 6.45) is 33.8. The van der Waals surface area contributed by atoms with Crippen LogP contribution in [0.4, 0.5) is 0 Å². The third-order valence-corrected chi connectivity index (χ3v) is 6.74. The summed E-state index contributed by atoms with van der Waals surface area (Å²) in [6.45, 7) is 10.9. The Morgan fingerprint density at radius 1 is 0.872 bits per heavy atom. The second kappa shape index (κ2) is 16.9. The fourth-order valence-electron chi connectivity index (χ4n) is 4.61. The van der Waals surface area contributed by atoms with Crippen LogP contribution in [0.3, 0.4) is 0 Å². The van der Waals surface area contributed by atoms with E-state index in [4.69, 9.17) is 4.74 Å². The van der Waals surface area contributed by atoms with Crippen molar-refractivity contribution in [1.29, 1.82) is 0 Å². The number of hydrogen-bond donors (Lipinski definition) is 0. The van der Waals surface area contributed by atoms with Crippen LogP contribution >= 0.6 is 0 Å². The standard InChI is InChI=1S/C31H35O2.C5H5.Fe/c1-23(15-20-29-25(3)12-9-21-31(29,4)5)10-8-11-24(2)22-30(32)33-28-18-16-27(17-19-28)26-13-6-7-14-26;1-2-4-5-3-1;/h6-8,10-11,13-20,22H,9,12,21H2,1-5H3;1-5H;/q;;+2/b11-8+,20-15+,23-10+,24-22+;;. The zero-order valence-corrected chi connectivity index (χ0v) is 24.9. The maximum Gasteiger partial charge on any atom is 2.00 e. The first-order chi connectivity index (χ1) is 18.2. The average molecular weight is 561 g/mol. The maximum absolute atomic E-state index is 12.2. The van der Waals surface area contributed by atoms with Crippen molar-refractivity contribution in [2.24, 2.45) is 5.41 Å². The van der Waals surface area contributed by atoms with Crippen molar-refractivity contribution in [3.05, 3.63) is 152 Å². The first-order valence-electron chi connectivity index (χ1n) is 13.4. The van der Waals surface area contributed by atoms with Gasteiger partial charge in [0, 0.05) is 12.0 Å². The molecule has 0 aromatic heterocycles. The van der Waals surface area contributed by atoms with Crippen LogP contribution < -0.4 is 4.74 Å². The maximum atomic E-state index is 12.2. The molecule has 3 aliphatic rings. The summed E-state index contributed by atoms with van der Waals surface area (Å²) in [5.41, 5.74) is 6.33. The molecular weight excluding hydrogens is 520 g/mol. The minimum atomic E-state index is -0.374. The molecule has 1 aromatic carbocycles. The van der Waals surface area contributed by atoms with Gasteiger partial charge in [-0.05, 0) is 132 Å². The number of allylic oxidation sites excluding steroid dienone is 9. The Bertz CT molecular complexity index is 1050. The molecule has 2 saturated carbocycles. The number of benzene rings is 1. The number of esters is 1. The van der Waals surface area contributed by atoms with E-state index in [9.17, 15) is 4.79 Å². The Morgan fingerprint density at radius 3 is 2.08 bits per heavy atom. The molecule has 1 aromatic rings. The van der Waals surface area contributed by atoms with Gasteiger partial charge in [-0.2, -0.15) is 0 Å². The summed E-state index contributed by atoms with van der Waals surface area (Å²) in [5, 5.41) is 0. The van der Waals surface area contributed by atoms with Gasteiger partial charge in [-0.15, -0.1) is 0 Å². The van der Waals surface area contributed by atoms with Crippen molar-refractivity contribution in [2.75, 3.05) is 0 Å². The van der Waals surface area contributed by atoms with Crippen LogP contribution in [-0.2, 0) is 21.9 Å². The zero-order valence-electron chi connectivity index (χ0n) is 23.8. The van der Waals surface area contributed by atoms with E-state index in [-0.39, 0.29) is 28.5 Å². The van der Waals surface area contributed by atoms with Gasteiger partial charge in [0.25, 0.3) is 0 Å². The molecule has 0 aliphatic heterocycles. The molecule has 39 heavy (non-hydrogen) atoms. The molecule has 4 rings (SSSR count). The molecule has 2 fully saturated rings. The Hall–Kier alpha value is -2.09. The van der Waals surface area contributed by atoms with Gasteiger partial charge < -0.3 is 4.74 Å². The zero-order chi connectivity index (χ0) is 27.4. The van der Waals surface area contributed by atoms with E-state index in [0.717, 1.165) is 17.1 Å². The summed E-state index contributed by atoms with van der Waals surface area (Å²) in [6, 6.07) is 7.56. The molecule has 0 spiro atoms. The van der Waals surface area contributed by atoms with Crippen molar-refractivity contribution in [3.63, 3.8) is 0 Å². The average Bonchev–Trinajstić information content (AvgIpc) is 3.61. The third kappa shape index (κ3) is 11.5. The molecule has 3 aliphatic carbocycles. The third-order valence-electron chi connectivity index (χ3n) is 6.74. The summed E-state index contributed by atoms with van der Waals surface area (Å²) in [5.74, 6) is 1.32. The quantitative estimate of drug-likeness (QED) is 0.109. The number of hydrogen-bond acceptors (Lipinski definition) is 2. The van der Waals surface area contributed by atoms with Gasteiger partial charge in [0.05, 0.1) is 0 Å². The SMILES string of the molecule is CC1=C(/C=C/C(C)=C/C=C/C(C)=C/C(=O)Oc2ccc([C]3[CH][CH][CH][CH]3)cc2)C(C)(C)CCC1.[CH]1[CH][CH][CH][CH]1.[Fe+2]. The number of carbonyl (C=O) groups is 1. The fourth-order valence-corrected chi connectivity index (χ4v) is 4.61. The molecular formula is C36H40FeO2+2. The second-order valence-corrected chi connectivity index (χ2v) is 10.5. The van der Waals surface area contributed by atoms with Gasteiger partial charge >= 0.3 is 23.0 Å². The van der Waals surface area contributed by atoms with Crippen molar-refractivity contribution in [3.8, 4) is 5.75 Å². The molecule has 10 radical (unpaired) electrons. The van der Waals surface area contributed by atoms with Crippen molar-refractivity contribution in [2.45, 2.75) is 53.9 Å².